The summed E-state index contributed by atoms with van der Waals surface area (Å²) in [5.74, 6) is 0. The fourth-order valence-electron chi connectivity index (χ4n) is 1.45. The molecule has 90 valence electrons. The van der Waals surface area contributed by atoms with Crippen molar-refractivity contribution in [2.45, 2.75) is 13.0 Å². The molecule has 2 N–H and O–H groups in total. The molecule has 0 saturated carbocycles. The maximum Gasteiger partial charge on any atom is 0.0698 e. The van der Waals surface area contributed by atoms with Crippen LogP contribution in [0.25, 0.3) is 0 Å². The Hall–Kier alpha value is -0.420. The monoisotopic (exact) mass is 287 g/mol. The van der Waals surface area contributed by atoms with E-state index in [1.54, 1.807) is 0 Å². The Morgan fingerprint density at radius 2 is 2.12 bits per heavy atom. The summed E-state index contributed by atoms with van der Waals surface area (Å²) in [6.07, 6.45) is 0. The molecule has 0 aliphatic heterocycles. The van der Waals surface area contributed by atoms with Crippen molar-refractivity contribution in [1.29, 1.82) is 0 Å². The molecule has 1 unspecified atom stereocenters. The highest BCUT2D eigenvalue weighted by Crippen LogP contribution is 2.22. The third-order valence-corrected chi connectivity index (χ3v) is 3.03. The van der Waals surface area contributed by atoms with Crippen molar-refractivity contribution in [2.75, 3.05) is 26.4 Å². The van der Waals surface area contributed by atoms with E-state index >= 15 is 0 Å². The van der Waals surface area contributed by atoms with Crippen LogP contribution in [-0.4, -0.2) is 31.5 Å². The van der Waals surface area contributed by atoms with Crippen molar-refractivity contribution in [3.05, 3.63) is 34.3 Å². The maximum absolute atomic E-state index is 8.54. The number of hydrogen-bond donors (Lipinski definition) is 2. The molecule has 0 fully saturated rings. The zero-order valence-corrected chi connectivity index (χ0v) is 11.0. The summed E-state index contributed by atoms with van der Waals surface area (Å²) in [7, 11) is 0. The molecule has 0 aliphatic carbocycles. The topological polar surface area (TPSA) is 41.5 Å². The number of aliphatic hydroxyl groups excluding tert-OH is 1. The van der Waals surface area contributed by atoms with Crippen LogP contribution in [0.2, 0.25) is 0 Å². The van der Waals surface area contributed by atoms with Gasteiger partial charge in [0.2, 0.25) is 0 Å². The maximum atomic E-state index is 8.54. The van der Waals surface area contributed by atoms with E-state index in [1.807, 2.05) is 18.2 Å². The van der Waals surface area contributed by atoms with Crippen LogP contribution in [0, 0.1) is 0 Å². The Bertz CT molecular complexity index is 307. The molecule has 0 heterocycles. The van der Waals surface area contributed by atoms with E-state index in [4.69, 9.17) is 9.84 Å². The van der Waals surface area contributed by atoms with E-state index in [1.165, 1.54) is 5.56 Å². The number of rotatable bonds is 7. The smallest absolute Gasteiger partial charge is 0.0698 e. The molecule has 3 nitrogen and oxygen atoms in total. The number of nitrogens with one attached hydrogen (secondary N) is 1. The molecule has 0 spiro atoms. The van der Waals surface area contributed by atoms with Gasteiger partial charge in [0.25, 0.3) is 0 Å². The predicted octanol–water partition coefficient (Wildman–Crippen LogP) is 2.11. The minimum Gasteiger partial charge on any atom is -0.394 e. The highest BCUT2D eigenvalue weighted by atomic mass is 79.9. The normalized spacial score (nSPS) is 12.7. The van der Waals surface area contributed by atoms with Gasteiger partial charge in [0, 0.05) is 17.1 Å². The van der Waals surface area contributed by atoms with Gasteiger partial charge in [-0.3, -0.25) is 0 Å². The molecule has 1 aromatic carbocycles. The van der Waals surface area contributed by atoms with Crippen molar-refractivity contribution in [1.82, 2.24) is 5.32 Å². The van der Waals surface area contributed by atoms with Crippen LogP contribution in [0.15, 0.2) is 28.7 Å². The van der Waals surface area contributed by atoms with Gasteiger partial charge < -0.3 is 15.2 Å². The van der Waals surface area contributed by atoms with Crippen LogP contribution in [0.4, 0.5) is 0 Å². The second-order valence-corrected chi connectivity index (χ2v) is 4.39. The molecule has 0 aromatic heterocycles. The van der Waals surface area contributed by atoms with Gasteiger partial charge in [0.1, 0.15) is 0 Å². The van der Waals surface area contributed by atoms with Crippen molar-refractivity contribution in [2.24, 2.45) is 0 Å². The van der Waals surface area contributed by atoms with Gasteiger partial charge in [-0.05, 0) is 18.6 Å². The fourth-order valence-corrected chi connectivity index (χ4v) is 2.08. The molecule has 16 heavy (non-hydrogen) atoms. The van der Waals surface area contributed by atoms with Gasteiger partial charge >= 0.3 is 0 Å². The van der Waals surface area contributed by atoms with Crippen LogP contribution in [0.1, 0.15) is 18.5 Å². The first kappa shape index (κ1) is 13.6. The predicted molar refractivity (Wildman–Crippen MR) is 68.5 cm³/mol. The number of hydrogen-bond acceptors (Lipinski definition) is 3. The molecule has 0 saturated heterocycles. The quantitative estimate of drug-likeness (QED) is 0.755. The second kappa shape index (κ2) is 7.79. The minimum atomic E-state index is 0.0831. The van der Waals surface area contributed by atoms with Crippen LogP contribution >= 0.6 is 15.9 Å². The molecular formula is C12H18BrNO2. The molecule has 0 bridgehead atoms. The van der Waals surface area contributed by atoms with Gasteiger partial charge in [-0.25, -0.2) is 0 Å². The Balaban J connectivity index is 2.30. The summed E-state index contributed by atoms with van der Waals surface area (Å²) < 4.78 is 6.29. The van der Waals surface area contributed by atoms with Gasteiger partial charge in [-0.1, -0.05) is 34.1 Å². The lowest BCUT2D eigenvalue weighted by atomic mass is 10.1. The van der Waals surface area contributed by atoms with Crippen molar-refractivity contribution in [3.63, 3.8) is 0 Å². The average molecular weight is 288 g/mol. The molecule has 0 radical (unpaired) electrons. The van der Waals surface area contributed by atoms with E-state index in [9.17, 15) is 0 Å². The Kier molecular flexibility index (Phi) is 6.64. The summed E-state index contributed by atoms with van der Waals surface area (Å²) >= 11 is 3.53. The lowest BCUT2D eigenvalue weighted by Crippen LogP contribution is -2.24. The lowest BCUT2D eigenvalue weighted by molar-refractivity contribution is 0.0928. The first-order valence-electron chi connectivity index (χ1n) is 5.42. The number of aliphatic hydroxyl groups is 1. The third-order valence-electron chi connectivity index (χ3n) is 2.30. The largest absolute Gasteiger partial charge is 0.394 e. The summed E-state index contributed by atoms with van der Waals surface area (Å²) in [5.41, 5.74) is 1.24. The Morgan fingerprint density at radius 3 is 2.81 bits per heavy atom. The van der Waals surface area contributed by atoms with Gasteiger partial charge in [0.15, 0.2) is 0 Å². The molecule has 1 rings (SSSR count). The molecule has 1 atom stereocenters. The van der Waals surface area contributed by atoms with Crippen LogP contribution < -0.4 is 5.32 Å². The Morgan fingerprint density at radius 1 is 1.38 bits per heavy atom. The fraction of sp³-hybridized carbons (Fsp3) is 0.500. The first-order chi connectivity index (χ1) is 7.75. The van der Waals surface area contributed by atoms with Crippen LogP contribution in [0.3, 0.4) is 0 Å². The summed E-state index contributed by atoms with van der Waals surface area (Å²) in [6.45, 7) is 4.01. The lowest BCUT2D eigenvalue weighted by Gasteiger charge is -2.15. The van der Waals surface area contributed by atoms with E-state index in [0.29, 0.717) is 13.2 Å². The second-order valence-electron chi connectivity index (χ2n) is 3.53. The van der Waals surface area contributed by atoms with Crippen molar-refractivity contribution < 1.29 is 9.84 Å². The zero-order valence-electron chi connectivity index (χ0n) is 9.45. The van der Waals surface area contributed by atoms with Crippen LogP contribution in [-0.2, 0) is 4.74 Å². The number of halogens is 1. The summed E-state index contributed by atoms with van der Waals surface area (Å²) in [4.78, 5) is 0. The van der Waals surface area contributed by atoms with Crippen molar-refractivity contribution >= 4 is 15.9 Å². The number of ether oxygens (including phenoxy) is 1. The van der Waals surface area contributed by atoms with E-state index in [0.717, 1.165) is 11.0 Å². The SMILES string of the molecule is CC(NCCOCCO)c1ccccc1Br. The van der Waals surface area contributed by atoms with E-state index in [-0.39, 0.29) is 12.6 Å². The molecule has 4 heteroatoms. The van der Waals surface area contributed by atoms with Crippen LogP contribution in [0.5, 0.6) is 0 Å². The number of benzene rings is 1. The van der Waals surface area contributed by atoms with E-state index < -0.39 is 0 Å². The molecule has 0 amide bonds. The standard InChI is InChI=1S/C12H18BrNO2/c1-10(14-6-8-16-9-7-15)11-4-2-3-5-12(11)13/h2-5,10,14-15H,6-9H2,1H3. The van der Waals surface area contributed by atoms with Gasteiger partial charge in [-0.15, -0.1) is 0 Å². The first-order valence-corrected chi connectivity index (χ1v) is 6.21. The third kappa shape index (κ3) is 4.61. The highest BCUT2D eigenvalue weighted by Gasteiger charge is 2.06. The highest BCUT2D eigenvalue weighted by molar-refractivity contribution is 9.10. The molecule has 0 aliphatic rings. The Labute approximate surface area is 105 Å². The van der Waals surface area contributed by atoms with Gasteiger partial charge in [0.05, 0.1) is 19.8 Å². The molecular weight excluding hydrogens is 270 g/mol. The summed E-state index contributed by atoms with van der Waals surface area (Å²) in [5, 5.41) is 11.9. The van der Waals surface area contributed by atoms with Gasteiger partial charge in [-0.2, -0.15) is 0 Å². The zero-order chi connectivity index (χ0) is 11.8. The average Bonchev–Trinajstić information content (AvgIpc) is 2.29. The van der Waals surface area contributed by atoms with E-state index in [2.05, 4.69) is 34.2 Å². The minimum absolute atomic E-state index is 0.0831. The summed E-state index contributed by atoms with van der Waals surface area (Å²) in [6, 6.07) is 8.45. The van der Waals surface area contributed by atoms with Crippen molar-refractivity contribution in [3.8, 4) is 0 Å². The molecule has 1 aromatic rings.